The van der Waals surface area contributed by atoms with E-state index in [2.05, 4.69) is 49.3 Å². The molecule has 0 aliphatic heterocycles. The van der Waals surface area contributed by atoms with Crippen molar-refractivity contribution >= 4 is 26.7 Å². The minimum Gasteiger partial charge on any atom is -0.508 e. The first kappa shape index (κ1) is 29.2. The third-order valence-electron chi connectivity index (χ3n) is 6.34. The maximum Gasteiger partial charge on any atom is 0.162 e. The van der Waals surface area contributed by atoms with E-state index in [9.17, 15) is 10.2 Å². The van der Waals surface area contributed by atoms with Crippen LogP contribution in [0, 0.1) is 0 Å². The minimum absolute atomic E-state index is 0.197. The van der Waals surface area contributed by atoms with E-state index in [1.54, 1.807) is 19.2 Å². The van der Waals surface area contributed by atoms with Crippen molar-refractivity contribution in [1.82, 2.24) is 21.3 Å². The Morgan fingerprint density at radius 1 is 0.730 bits per heavy atom. The summed E-state index contributed by atoms with van der Waals surface area (Å²) in [5, 5.41) is 36.5. The Bertz CT molecular complexity index is 1100. The van der Waals surface area contributed by atoms with E-state index in [0.29, 0.717) is 24.6 Å². The van der Waals surface area contributed by atoms with E-state index < -0.39 is 0 Å². The first-order valence-electron chi connectivity index (χ1n) is 13.2. The minimum atomic E-state index is 0.197. The summed E-state index contributed by atoms with van der Waals surface area (Å²) >= 11 is 3.45. The summed E-state index contributed by atoms with van der Waals surface area (Å²) < 4.78 is 6.09. The molecular weight excluding hydrogens is 532 g/mol. The molecule has 8 heteroatoms. The van der Waals surface area contributed by atoms with Crippen molar-refractivity contribution in [3.63, 3.8) is 0 Å². The lowest BCUT2D eigenvalue weighted by Gasteiger charge is -2.11. The maximum absolute atomic E-state index is 10.2. The summed E-state index contributed by atoms with van der Waals surface area (Å²) in [7, 11) is 1.56. The van der Waals surface area contributed by atoms with Crippen LogP contribution in [0.3, 0.4) is 0 Å². The number of fused-ring (bicyclic) bond motifs is 1. The smallest absolute Gasteiger partial charge is 0.162 e. The molecule has 0 aliphatic carbocycles. The molecule has 0 heterocycles. The quantitative estimate of drug-likeness (QED) is 0.123. The lowest BCUT2D eigenvalue weighted by molar-refractivity contribution is 0.369. The first-order valence-corrected chi connectivity index (χ1v) is 14.0. The lowest BCUT2D eigenvalue weighted by atomic mass is 10.0. The Morgan fingerprint density at radius 2 is 1.35 bits per heavy atom. The van der Waals surface area contributed by atoms with Gasteiger partial charge in [0.2, 0.25) is 0 Å². The Balaban J connectivity index is 1.12. The van der Waals surface area contributed by atoms with Crippen LogP contribution in [-0.2, 0) is 13.1 Å². The number of aromatic hydroxyl groups is 2. The number of benzene rings is 3. The number of methoxy groups -OCH3 is 1. The first-order chi connectivity index (χ1) is 18.1. The van der Waals surface area contributed by atoms with Gasteiger partial charge in [-0.1, -0.05) is 46.3 Å². The second kappa shape index (κ2) is 16.5. The zero-order valence-electron chi connectivity index (χ0n) is 21.8. The molecule has 3 aromatic rings. The monoisotopic (exact) mass is 572 g/mol. The molecule has 3 aromatic carbocycles. The average Bonchev–Trinajstić information content (AvgIpc) is 2.91. The van der Waals surface area contributed by atoms with Crippen LogP contribution in [0.1, 0.15) is 36.8 Å². The molecule has 0 amide bonds. The highest BCUT2D eigenvalue weighted by atomic mass is 79.9. The second-order valence-corrected chi connectivity index (χ2v) is 10.1. The Kier molecular flexibility index (Phi) is 13.0. The number of hydrogen-bond donors (Lipinski definition) is 6. The topological polar surface area (TPSA) is 97.8 Å². The van der Waals surface area contributed by atoms with Crippen molar-refractivity contribution in [2.75, 3.05) is 46.4 Å². The largest absolute Gasteiger partial charge is 0.508 e. The molecule has 0 saturated heterocycles. The Hall–Kier alpha value is -2.36. The molecule has 0 aliphatic rings. The molecular formula is C29H41BrN4O3. The van der Waals surface area contributed by atoms with Crippen LogP contribution >= 0.6 is 15.9 Å². The molecule has 0 radical (unpaired) electrons. The van der Waals surface area contributed by atoms with Gasteiger partial charge >= 0.3 is 0 Å². The van der Waals surface area contributed by atoms with Crippen LogP contribution in [0.2, 0.25) is 0 Å². The van der Waals surface area contributed by atoms with Crippen LogP contribution in [0.4, 0.5) is 0 Å². The van der Waals surface area contributed by atoms with Crippen molar-refractivity contribution in [2.45, 2.75) is 38.8 Å². The van der Waals surface area contributed by atoms with Gasteiger partial charge in [-0.3, -0.25) is 0 Å². The van der Waals surface area contributed by atoms with Crippen LogP contribution in [0.15, 0.2) is 53.0 Å². The van der Waals surface area contributed by atoms with Crippen molar-refractivity contribution in [3.05, 3.63) is 64.1 Å². The zero-order valence-corrected chi connectivity index (χ0v) is 23.4. The van der Waals surface area contributed by atoms with E-state index >= 15 is 0 Å². The molecule has 0 spiro atoms. The number of nitrogens with one attached hydrogen (secondary N) is 4. The number of rotatable bonds is 18. The van der Waals surface area contributed by atoms with Crippen molar-refractivity contribution in [2.24, 2.45) is 0 Å². The van der Waals surface area contributed by atoms with Gasteiger partial charge in [-0.05, 0) is 93.9 Å². The number of phenols is 2. The molecule has 0 aromatic heterocycles. The molecule has 6 N–H and O–H groups in total. The summed E-state index contributed by atoms with van der Waals surface area (Å²) in [6.45, 7) is 7.12. The predicted molar refractivity (Wildman–Crippen MR) is 156 cm³/mol. The van der Waals surface area contributed by atoms with E-state index in [0.717, 1.165) is 91.3 Å². The molecule has 7 nitrogen and oxygen atoms in total. The fourth-order valence-corrected chi connectivity index (χ4v) is 4.78. The molecule has 0 unspecified atom stereocenters. The van der Waals surface area contributed by atoms with Crippen molar-refractivity contribution in [3.8, 4) is 17.2 Å². The van der Waals surface area contributed by atoms with Gasteiger partial charge < -0.3 is 36.2 Å². The lowest BCUT2D eigenvalue weighted by Crippen LogP contribution is -2.24. The van der Waals surface area contributed by atoms with Crippen LogP contribution in [0.25, 0.3) is 10.8 Å². The molecule has 3 rings (SSSR count). The second-order valence-electron chi connectivity index (χ2n) is 9.17. The molecule has 0 atom stereocenters. The number of ether oxygens (including phenoxy) is 1. The summed E-state index contributed by atoms with van der Waals surface area (Å²) in [5.41, 5.74) is 1.80. The normalized spacial score (nSPS) is 11.3. The van der Waals surface area contributed by atoms with E-state index in [4.69, 9.17) is 4.74 Å². The van der Waals surface area contributed by atoms with Gasteiger partial charge in [0.15, 0.2) is 11.5 Å². The third kappa shape index (κ3) is 9.79. The molecule has 37 heavy (non-hydrogen) atoms. The molecule has 202 valence electrons. The highest BCUT2D eigenvalue weighted by molar-refractivity contribution is 9.10. The van der Waals surface area contributed by atoms with E-state index in [1.807, 2.05) is 24.3 Å². The van der Waals surface area contributed by atoms with E-state index in [1.165, 1.54) is 0 Å². The highest BCUT2D eigenvalue weighted by Gasteiger charge is 2.09. The third-order valence-corrected chi connectivity index (χ3v) is 6.80. The van der Waals surface area contributed by atoms with Gasteiger partial charge in [0.25, 0.3) is 0 Å². The Morgan fingerprint density at radius 3 is 2.05 bits per heavy atom. The molecule has 0 fully saturated rings. The molecule has 0 bridgehead atoms. The summed E-state index contributed by atoms with van der Waals surface area (Å²) in [6.07, 6.45) is 4.41. The van der Waals surface area contributed by atoms with Gasteiger partial charge in [-0.15, -0.1) is 0 Å². The number of halogens is 1. The van der Waals surface area contributed by atoms with Crippen LogP contribution in [0.5, 0.6) is 17.2 Å². The fourth-order valence-electron chi connectivity index (χ4n) is 4.29. The maximum atomic E-state index is 10.2. The number of phenolic OH excluding ortho intramolecular Hbond substituents is 2. The molecule has 0 saturated carbocycles. The SMILES string of the molecule is COc1cc(Br)cc(CNCCCNCCCCNCCCNCc2c(O)ccc3ccccc23)c1O. The number of unbranched alkanes of at least 4 members (excludes halogenated alkanes) is 1. The van der Waals surface area contributed by atoms with Crippen LogP contribution < -0.4 is 26.0 Å². The van der Waals surface area contributed by atoms with E-state index in [-0.39, 0.29) is 5.75 Å². The summed E-state index contributed by atoms with van der Waals surface area (Å²) in [4.78, 5) is 0. The fraction of sp³-hybridized carbons (Fsp3) is 0.448. The van der Waals surface area contributed by atoms with Gasteiger partial charge in [0.1, 0.15) is 5.75 Å². The van der Waals surface area contributed by atoms with Gasteiger partial charge in [-0.25, -0.2) is 0 Å². The highest BCUT2D eigenvalue weighted by Crippen LogP contribution is 2.33. The predicted octanol–water partition coefficient (Wildman–Crippen LogP) is 4.64. The van der Waals surface area contributed by atoms with Crippen molar-refractivity contribution < 1.29 is 14.9 Å². The summed E-state index contributed by atoms with van der Waals surface area (Å²) in [6, 6.07) is 15.6. The Labute approximate surface area is 229 Å². The standard InChI is InChI=1S/C29H41BrN4O3/c1-37-28-19-24(30)18-23(29(28)36)20-33-16-6-14-31-12-4-5-13-32-15-7-17-34-21-26-25-9-3-2-8-22(25)10-11-27(26)35/h2-3,8-11,18-19,31-36H,4-7,12-17,20-21H2,1H3. The van der Waals surface area contributed by atoms with Gasteiger partial charge in [-0.2, -0.15) is 0 Å². The van der Waals surface area contributed by atoms with Crippen LogP contribution in [-0.4, -0.2) is 56.6 Å². The average molecular weight is 574 g/mol. The van der Waals surface area contributed by atoms with Gasteiger partial charge in [0.05, 0.1) is 7.11 Å². The summed E-state index contributed by atoms with van der Waals surface area (Å²) in [5.74, 6) is 1.04. The van der Waals surface area contributed by atoms with Crippen molar-refractivity contribution in [1.29, 1.82) is 0 Å². The number of hydrogen-bond acceptors (Lipinski definition) is 7. The van der Waals surface area contributed by atoms with Gasteiger partial charge in [0, 0.05) is 28.7 Å². The zero-order chi connectivity index (χ0) is 26.3.